The third kappa shape index (κ3) is 5.71. The number of benzene rings is 2. The molecule has 0 saturated heterocycles. The molecule has 2 aromatic rings. The summed E-state index contributed by atoms with van der Waals surface area (Å²) in [6.45, 7) is 4.61. The molecule has 0 unspecified atom stereocenters. The van der Waals surface area contributed by atoms with E-state index < -0.39 is 0 Å². The summed E-state index contributed by atoms with van der Waals surface area (Å²) in [6, 6.07) is 13.7. The van der Waals surface area contributed by atoms with Gasteiger partial charge in [-0.05, 0) is 42.7 Å². The largest absolute Gasteiger partial charge is 0.350 e. The lowest BCUT2D eigenvalue weighted by atomic mass is 10.1. The normalized spacial score (nSPS) is 10.4. The van der Waals surface area contributed by atoms with E-state index in [0.29, 0.717) is 13.1 Å². The van der Waals surface area contributed by atoms with E-state index in [1.807, 2.05) is 38.1 Å². The minimum atomic E-state index is -0.311. The molecule has 5 heteroatoms. The summed E-state index contributed by atoms with van der Waals surface area (Å²) in [6.07, 6.45) is 0.283. The average molecular weight is 342 g/mol. The van der Waals surface area contributed by atoms with Crippen molar-refractivity contribution in [1.29, 1.82) is 0 Å². The van der Waals surface area contributed by atoms with Crippen molar-refractivity contribution in [2.24, 2.45) is 0 Å². The van der Waals surface area contributed by atoms with Crippen molar-refractivity contribution in [2.45, 2.75) is 26.8 Å². The highest BCUT2D eigenvalue weighted by atomic mass is 19.1. The van der Waals surface area contributed by atoms with Crippen LogP contribution in [0.2, 0.25) is 0 Å². The van der Waals surface area contributed by atoms with Gasteiger partial charge in [0.25, 0.3) is 0 Å². The molecule has 2 aromatic carbocycles. The summed E-state index contributed by atoms with van der Waals surface area (Å²) < 4.78 is 12.9. The van der Waals surface area contributed by atoms with E-state index in [1.54, 1.807) is 12.1 Å². The van der Waals surface area contributed by atoms with Gasteiger partial charge in [0.1, 0.15) is 5.82 Å². The number of amides is 2. The van der Waals surface area contributed by atoms with Crippen molar-refractivity contribution in [3.8, 4) is 0 Å². The number of likely N-dealkylation sites (N-methyl/N-ethyl adjacent to an activating group) is 1. The quantitative estimate of drug-likeness (QED) is 0.841. The average Bonchev–Trinajstić information content (AvgIpc) is 2.61. The van der Waals surface area contributed by atoms with E-state index in [4.69, 9.17) is 0 Å². The van der Waals surface area contributed by atoms with Crippen LogP contribution < -0.4 is 5.32 Å². The minimum absolute atomic E-state index is 0.0163. The van der Waals surface area contributed by atoms with Crippen molar-refractivity contribution in [3.63, 3.8) is 0 Å². The first-order valence-corrected chi connectivity index (χ1v) is 8.33. The number of nitrogens with one attached hydrogen (secondary N) is 1. The minimum Gasteiger partial charge on any atom is -0.350 e. The second-order valence-electron chi connectivity index (χ2n) is 5.91. The number of rotatable bonds is 7. The molecule has 0 spiro atoms. The molecule has 0 heterocycles. The summed E-state index contributed by atoms with van der Waals surface area (Å²) in [5, 5.41) is 2.76. The van der Waals surface area contributed by atoms with Gasteiger partial charge in [-0.15, -0.1) is 0 Å². The summed E-state index contributed by atoms with van der Waals surface area (Å²) in [5.74, 6) is -0.618. The fourth-order valence-corrected chi connectivity index (χ4v) is 2.49. The number of halogens is 1. The number of aryl methyl sites for hydroxylation is 1. The van der Waals surface area contributed by atoms with E-state index in [9.17, 15) is 14.0 Å². The topological polar surface area (TPSA) is 49.4 Å². The molecule has 132 valence electrons. The molecular weight excluding hydrogens is 319 g/mol. The predicted molar refractivity (Wildman–Crippen MR) is 95.4 cm³/mol. The molecule has 0 radical (unpaired) electrons. The van der Waals surface area contributed by atoms with Crippen LogP contribution in [0.15, 0.2) is 48.5 Å². The van der Waals surface area contributed by atoms with Crippen LogP contribution in [0.4, 0.5) is 4.39 Å². The van der Waals surface area contributed by atoms with Gasteiger partial charge in [0.15, 0.2) is 0 Å². The third-order valence-electron chi connectivity index (χ3n) is 4.07. The lowest BCUT2D eigenvalue weighted by molar-refractivity contribution is -0.135. The smallest absolute Gasteiger partial charge is 0.239 e. The Morgan fingerprint density at radius 3 is 2.40 bits per heavy atom. The van der Waals surface area contributed by atoms with Crippen LogP contribution in [0.5, 0.6) is 0 Å². The molecule has 1 N–H and O–H groups in total. The van der Waals surface area contributed by atoms with Crippen molar-refractivity contribution in [2.75, 3.05) is 13.1 Å². The third-order valence-corrected chi connectivity index (χ3v) is 4.07. The molecule has 2 rings (SSSR count). The molecule has 2 amide bonds. The molecule has 4 nitrogen and oxygen atoms in total. The highest BCUT2D eigenvalue weighted by molar-refractivity contribution is 5.86. The van der Waals surface area contributed by atoms with E-state index in [-0.39, 0.29) is 30.6 Å². The van der Waals surface area contributed by atoms with Crippen molar-refractivity contribution in [3.05, 3.63) is 71.0 Å². The number of nitrogens with zero attached hydrogens (tertiary/aromatic N) is 1. The summed E-state index contributed by atoms with van der Waals surface area (Å²) >= 11 is 0. The Morgan fingerprint density at radius 1 is 1.08 bits per heavy atom. The highest BCUT2D eigenvalue weighted by Crippen LogP contribution is 2.09. The Hall–Kier alpha value is -2.69. The first-order valence-electron chi connectivity index (χ1n) is 8.33. The van der Waals surface area contributed by atoms with E-state index >= 15 is 0 Å². The Bertz CT molecular complexity index is 729. The Balaban J connectivity index is 1.87. The molecule has 0 atom stereocenters. The summed E-state index contributed by atoms with van der Waals surface area (Å²) in [7, 11) is 0. The van der Waals surface area contributed by atoms with Gasteiger partial charge in [-0.25, -0.2) is 4.39 Å². The molecule has 0 aliphatic heterocycles. The molecule has 0 bridgehead atoms. The zero-order valence-electron chi connectivity index (χ0n) is 14.6. The molecule has 0 aromatic heterocycles. The zero-order chi connectivity index (χ0) is 18.2. The fraction of sp³-hybridized carbons (Fsp3) is 0.300. The summed E-state index contributed by atoms with van der Waals surface area (Å²) in [4.78, 5) is 26.1. The lowest BCUT2D eigenvalue weighted by Crippen LogP contribution is -2.41. The number of hydrogen-bond acceptors (Lipinski definition) is 2. The Labute approximate surface area is 147 Å². The van der Waals surface area contributed by atoms with Crippen LogP contribution in [0.3, 0.4) is 0 Å². The van der Waals surface area contributed by atoms with Crippen LogP contribution >= 0.6 is 0 Å². The predicted octanol–water partition coefficient (Wildman–Crippen LogP) is 2.84. The van der Waals surface area contributed by atoms with Gasteiger partial charge in [-0.2, -0.15) is 0 Å². The maximum atomic E-state index is 12.9. The second kappa shape index (κ2) is 8.97. The van der Waals surface area contributed by atoms with Crippen LogP contribution in [-0.4, -0.2) is 29.8 Å². The SMILES string of the molecule is CCN(CC(=O)NCc1ccc(F)cc1)C(=O)Cc1ccccc1C. The van der Waals surface area contributed by atoms with Crippen molar-refractivity contribution >= 4 is 11.8 Å². The van der Waals surface area contributed by atoms with Gasteiger partial charge >= 0.3 is 0 Å². The highest BCUT2D eigenvalue weighted by Gasteiger charge is 2.16. The standard InChI is InChI=1S/C20H23FN2O2/c1-3-23(20(25)12-17-7-5-4-6-15(17)2)14-19(24)22-13-16-8-10-18(21)11-9-16/h4-11H,3,12-14H2,1-2H3,(H,22,24). The first kappa shape index (κ1) is 18.6. The van der Waals surface area contributed by atoms with Crippen LogP contribution in [0, 0.1) is 12.7 Å². The van der Waals surface area contributed by atoms with Gasteiger partial charge in [-0.1, -0.05) is 36.4 Å². The van der Waals surface area contributed by atoms with Crippen LogP contribution in [-0.2, 0) is 22.6 Å². The molecule has 25 heavy (non-hydrogen) atoms. The first-order chi connectivity index (χ1) is 12.0. The molecule has 0 fully saturated rings. The van der Waals surface area contributed by atoms with Crippen molar-refractivity contribution < 1.29 is 14.0 Å². The Kier molecular flexibility index (Phi) is 6.69. The van der Waals surface area contributed by atoms with Crippen LogP contribution in [0.1, 0.15) is 23.6 Å². The van der Waals surface area contributed by atoms with Gasteiger partial charge in [-0.3, -0.25) is 9.59 Å². The van der Waals surface area contributed by atoms with Gasteiger partial charge in [0.2, 0.25) is 11.8 Å². The molecule has 0 saturated carbocycles. The van der Waals surface area contributed by atoms with E-state index in [2.05, 4.69) is 5.32 Å². The number of carbonyl (C=O) groups is 2. The molecule has 0 aliphatic rings. The zero-order valence-corrected chi connectivity index (χ0v) is 14.6. The van der Waals surface area contributed by atoms with E-state index in [0.717, 1.165) is 16.7 Å². The van der Waals surface area contributed by atoms with Gasteiger partial charge in [0, 0.05) is 13.1 Å². The molecular formula is C20H23FN2O2. The maximum absolute atomic E-state index is 12.9. The second-order valence-corrected chi connectivity index (χ2v) is 5.91. The molecule has 0 aliphatic carbocycles. The van der Waals surface area contributed by atoms with E-state index in [1.165, 1.54) is 17.0 Å². The van der Waals surface area contributed by atoms with Gasteiger partial charge < -0.3 is 10.2 Å². The fourth-order valence-electron chi connectivity index (χ4n) is 2.49. The number of hydrogen-bond donors (Lipinski definition) is 1. The lowest BCUT2D eigenvalue weighted by Gasteiger charge is -2.21. The van der Waals surface area contributed by atoms with Crippen LogP contribution in [0.25, 0.3) is 0 Å². The Morgan fingerprint density at radius 2 is 1.76 bits per heavy atom. The van der Waals surface area contributed by atoms with Crippen molar-refractivity contribution in [1.82, 2.24) is 10.2 Å². The monoisotopic (exact) mass is 342 g/mol. The van der Waals surface area contributed by atoms with Gasteiger partial charge in [0.05, 0.1) is 13.0 Å². The maximum Gasteiger partial charge on any atom is 0.239 e. The number of carbonyl (C=O) groups excluding carboxylic acids is 2. The summed E-state index contributed by atoms with van der Waals surface area (Å²) in [5.41, 5.74) is 2.84.